The van der Waals surface area contributed by atoms with Gasteiger partial charge in [-0.3, -0.25) is 0 Å². The second kappa shape index (κ2) is 3.03. The molecule has 14 heavy (non-hydrogen) atoms. The van der Waals surface area contributed by atoms with E-state index < -0.39 is 14.1 Å². The predicted molar refractivity (Wildman–Crippen MR) is 64.1 cm³/mol. The van der Waals surface area contributed by atoms with E-state index in [-0.39, 0.29) is 16.0 Å². The summed E-state index contributed by atoms with van der Waals surface area (Å²) in [5.41, 5.74) is 0. The highest BCUT2D eigenvalue weighted by molar-refractivity contribution is 6.65. The molecule has 0 aromatic carbocycles. The van der Waals surface area contributed by atoms with Crippen LogP contribution >= 0.6 is 69.6 Å². The number of rotatable bonds is 0. The summed E-state index contributed by atoms with van der Waals surface area (Å²) in [5.74, 6) is -0.00772. The summed E-state index contributed by atoms with van der Waals surface area (Å²) in [5, 5.41) is 0.554. The summed E-state index contributed by atoms with van der Waals surface area (Å²) in [6.07, 6.45) is 0.528. The molecular formula is C8H6Cl6. The third-order valence-corrected chi connectivity index (χ3v) is 7.47. The van der Waals surface area contributed by atoms with Crippen molar-refractivity contribution in [1.29, 1.82) is 0 Å². The smallest absolute Gasteiger partial charge is 0.110 e. The van der Waals surface area contributed by atoms with E-state index >= 15 is 0 Å². The molecule has 1 saturated carbocycles. The lowest BCUT2D eigenvalue weighted by Crippen LogP contribution is -2.43. The molecule has 0 nitrogen and oxygen atoms in total. The molecule has 0 saturated heterocycles. The first-order valence-corrected chi connectivity index (χ1v) is 6.28. The van der Waals surface area contributed by atoms with Crippen LogP contribution in [0.3, 0.4) is 0 Å². The van der Waals surface area contributed by atoms with Crippen molar-refractivity contribution < 1.29 is 0 Å². The summed E-state index contributed by atoms with van der Waals surface area (Å²) in [6.45, 7) is 1.91. The van der Waals surface area contributed by atoms with Crippen LogP contribution in [0, 0.1) is 5.92 Å². The molecule has 2 rings (SSSR count). The van der Waals surface area contributed by atoms with E-state index in [4.69, 9.17) is 69.6 Å². The second-order valence-corrected chi connectivity index (χ2v) is 7.15. The molecule has 3 atom stereocenters. The third kappa shape index (κ3) is 0.972. The van der Waals surface area contributed by atoms with Crippen LogP contribution in [0.4, 0.5) is 0 Å². The van der Waals surface area contributed by atoms with Gasteiger partial charge in [-0.2, -0.15) is 0 Å². The van der Waals surface area contributed by atoms with Crippen molar-refractivity contribution in [3.8, 4) is 0 Å². The first kappa shape index (κ1) is 12.0. The van der Waals surface area contributed by atoms with E-state index in [2.05, 4.69) is 0 Å². The minimum atomic E-state index is -1.35. The number of allylic oxidation sites excluding steroid dienone is 2. The van der Waals surface area contributed by atoms with Crippen molar-refractivity contribution >= 4 is 69.6 Å². The maximum Gasteiger partial charge on any atom is 0.166 e. The summed E-state index contributed by atoms with van der Waals surface area (Å²) >= 11 is 37.1. The standard InChI is InChI=1S/C8H6Cl6/c1-3-2-6(11)4(9)5(10)7(3,12)8(6,13)14/h3H,2H2,1H3. The highest BCUT2D eigenvalue weighted by atomic mass is 35.5. The molecule has 6 heteroatoms. The van der Waals surface area contributed by atoms with Gasteiger partial charge >= 0.3 is 0 Å². The quantitative estimate of drug-likeness (QED) is 0.560. The molecule has 80 valence electrons. The molecule has 0 amide bonds. The van der Waals surface area contributed by atoms with E-state index in [1.807, 2.05) is 6.92 Å². The monoisotopic (exact) mass is 312 g/mol. The molecule has 2 bridgehead atoms. The maximum atomic E-state index is 6.35. The Morgan fingerprint density at radius 2 is 1.57 bits per heavy atom. The fourth-order valence-electron chi connectivity index (χ4n) is 2.20. The lowest BCUT2D eigenvalue weighted by atomic mass is 9.94. The lowest BCUT2D eigenvalue weighted by molar-refractivity contribution is 0.510. The topological polar surface area (TPSA) is 0 Å². The van der Waals surface area contributed by atoms with Gasteiger partial charge in [0.15, 0.2) is 4.33 Å². The zero-order chi connectivity index (χ0) is 10.9. The van der Waals surface area contributed by atoms with Crippen LogP contribution in [-0.2, 0) is 0 Å². The van der Waals surface area contributed by atoms with Crippen LogP contribution in [-0.4, -0.2) is 14.1 Å². The van der Waals surface area contributed by atoms with Crippen molar-refractivity contribution in [3.63, 3.8) is 0 Å². The number of halogens is 6. The van der Waals surface area contributed by atoms with Crippen molar-refractivity contribution in [1.82, 2.24) is 0 Å². The number of hydrogen-bond donors (Lipinski definition) is 0. The van der Waals surface area contributed by atoms with Gasteiger partial charge in [-0.1, -0.05) is 53.3 Å². The van der Waals surface area contributed by atoms with E-state index in [0.717, 1.165) is 0 Å². The highest BCUT2D eigenvalue weighted by Crippen LogP contribution is 2.74. The van der Waals surface area contributed by atoms with Crippen molar-refractivity contribution in [2.45, 2.75) is 27.4 Å². The van der Waals surface area contributed by atoms with Crippen molar-refractivity contribution in [2.24, 2.45) is 5.92 Å². The number of alkyl halides is 4. The molecular weight excluding hydrogens is 309 g/mol. The number of fused-ring (bicyclic) bond motifs is 2. The van der Waals surface area contributed by atoms with Crippen LogP contribution in [0.15, 0.2) is 10.1 Å². The molecule has 0 aliphatic heterocycles. The molecule has 0 spiro atoms. The summed E-state index contributed by atoms with van der Waals surface area (Å²) in [7, 11) is 0. The Kier molecular flexibility index (Phi) is 2.58. The summed E-state index contributed by atoms with van der Waals surface area (Å²) in [6, 6.07) is 0. The summed E-state index contributed by atoms with van der Waals surface area (Å²) in [4.78, 5) is -2.10. The molecule has 0 heterocycles. The first-order valence-electron chi connectivity index (χ1n) is 4.01. The van der Waals surface area contributed by atoms with E-state index in [0.29, 0.717) is 6.42 Å². The van der Waals surface area contributed by atoms with Crippen LogP contribution in [0.25, 0.3) is 0 Å². The minimum absolute atomic E-state index is 0.00772. The Balaban J connectivity index is 2.70. The van der Waals surface area contributed by atoms with Gasteiger partial charge in [0.1, 0.15) is 9.75 Å². The van der Waals surface area contributed by atoms with Crippen LogP contribution < -0.4 is 0 Å². The molecule has 0 N–H and O–H groups in total. The molecule has 3 unspecified atom stereocenters. The third-order valence-electron chi connectivity index (χ3n) is 3.08. The van der Waals surface area contributed by atoms with Gasteiger partial charge in [-0.05, 0) is 12.3 Å². The molecule has 0 aromatic rings. The Labute approximate surface area is 112 Å². The van der Waals surface area contributed by atoms with E-state index in [9.17, 15) is 0 Å². The average Bonchev–Trinajstić information content (AvgIpc) is 2.27. The van der Waals surface area contributed by atoms with Gasteiger partial charge in [0, 0.05) is 0 Å². The van der Waals surface area contributed by atoms with Crippen molar-refractivity contribution in [2.75, 3.05) is 0 Å². The van der Waals surface area contributed by atoms with Crippen LogP contribution in [0.5, 0.6) is 0 Å². The van der Waals surface area contributed by atoms with Crippen molar-refractivity contribution in [3.05, 3.63) is 10.1 Å². The van der Waals surface area contributed by atoms with Gasteiger partial charge in [-0.15, -0.1) is 23.2 Å². The Hall–Kier alpha value is 1.48. The van der Waals surface area contributed by atoms with E-state index in [1.165, 1.54) is 0 Å². The Bertz CT molecular complexity index is 335. The fraction of sp³-hybridized carbons (Fsp3) is 0.750. The van der Waals surface area contributed by atoms with Crippen LogP contribution in [0.2, 0.25) is 0 Å². The number of hydrogen-bond acceptors (Lipinski definition) is 0. The zero-order valence-corrected chi connectivity index (χ0v) is 11.6. The van der Waals surface area contributed by atoms with Gasteiger partial charge in [0.2, 0.25) is 0 Å². The van der Waals surface area contributed by atoms with Crippen LogP contribution in [0.1, 0.15) is 13.3 Å². The molecule has 2 aliphatic carbocycles. The largest absolute Gasteiger partial charge is 0.166 e. The second-order valence-electron chi connectivity index (χ2n) is 3.82. The fourth-order valence-corrected chi connectivity index (χ4v) is 5.11. The van der Waals surface area contributed by atoms with Gasteiger partial charge in [0.05, 0.1) is 10.1 Å². The molecule has 1 fully saturated rings. The normalized spacial score (nSPS) is 50.4. The lowest BCUT2D eigenvalue weighted by Gasteiger charge is -2.32. The highest BCUT2D eigenvalue weighted by Gasteiger charge is 2.77. The average molecular weight is 315 g/mol. The van der Waals surface area contributed by atoms with Gasteiger partial charge in [0.25, 0.3) is 0 Å². The molecule has 0 radical (unpaired) electrons. The molecule has 2 aliphatic rings. The Morgan fingerprint density at radius 1 is 1.07 bits per heavy atom. The van der Waals surface area contributed by atoms with Gasteiger partial charge < -0.3 is 0 Å². The predicted octanol–water partition coefficient (Wildman–Crippen LogP) is 4.86. The minimum Gasteiger partial charge on any atom is -0.110 e. The molecule has 0 aromatic heterocycles. The summed E-state index contributed by atoms with van der Waals surface area (Å²) < 4.78 is -1.35. The van der Waals surface area contributed by atoms with Gasteiger partial charge in [-0.25, -0.2) is 0 Å². The zero-order valence-electron chi connectivity index (χ0n) is 7.05. The first-order chi connectivity index (χ1) is 6.19. The Morgan fingerprint density at radius 3 is 1.86 bits per heavy atom. The maximum absolute atomic E-state index is 6.35. The van der Waals surface area contributed by atoms with E-state index in [1.54, 1.807) is 0 Å². The SMILES string of the molecule is CC1CC2(Cl)C(Cl)=C(Cl)C1(Cl)C2(Cl)Cl.